The van der Waals surface area contributed by atoms with Crippen molar-refractivity contribution < 1.29 is 0 Å². The Labute approximate surface area is 89.4 Å². The average Bonchev–Trinajstić information content (AvgIpc) is 2.02. The van der Waals surface area contributed by atoms with Crippen molar-refractivity contribution in [2.45, 2.75) is 53.4 Å². The molecular weight excluding hydrogens is 168 g/mol. The van der Waals surface area contributed by atoms with E-state index >= 15 is 0 Å². The SMILES string of the molecule is [CH]=C(C)CC/C=C(\C)CCC=C(C)C. The summed E-state index contributed by atoms with van der Waals surface area (Å²) in [6.07, 6.45) is 9.03. The van der Waals surface area contributed by atoms with Gasteiger partial charge in [-0.1, -0.05) is 35.5 Å². The maximum Gasteiger partial charge on any atom is -0.0285 e. The molecule has 0 aliphatic heterocycles. The summed E-state index contributed by atoms with van der Waals surface area (Å²) in [6.45, 7) is 14.1. The van der Waals surface area contributed by atoms with E-state index < -0.39 is 0 Å². The lowest BCUT2D eigenvalue weighted by Gasteiger charge is -1.99. The second kappa shape index (κ2) is 7.61. The van der Waals surface area contributed by atoms with Gasteiger partial charge in [-0.15, -0.1) is 0 Å². The molecule has 0 spiro atoms. The normalized spacial score (nSPS) is 11.3. The van der Waals surface area contributed by atoms with E-state index in [1.807, 2.05) is 6.92 Å². The van der Waals surface area contributed by atoms with Gasteiger partial charge in [0.2, 0.25) is 0 Å². The van der Waals surface area contributed by atoms with Gasteiger partial charge in [0.05, 0.1) is 0 Å². The molecule has 0 saturated heterocycles. The Morgan fingerprint density at radius 3 is 2.00 bits per heavy atom. The van der Waals surface area contributed by atoms with Crippen LogP contribution < -0.4 is 0 Å². The first kappa shape index (κ1) is 13.2. The zero-order valence-electron chi connectivity index (χ0n) is 10.1. The largest absolute Gasteiger partial charge is 0.0856 e. The highest BCUT2D eigenvalue weighted by molar-refractivity contribution is 5.03. The number of hydrogen-bond acceptors (Lipinski definition) is 0. The predicted octanol–water partition coefficient (Wildman–Crippen LogP) is 4.84. The molecule has 0 aromatic heterocycles. The van der Waals surface area contributed by atoms with Crippen molar-refractivity contribution >= 4 is 0 Å². The Bertz CT molecular complexity index is 224. The standard InChI is InChI=1S/C14H23/c1-12(2)8-6-10-14(5)11-7-9-13(3)4/h1,9-10H,6-8,11H2,2-5H3/b12-1?,14-10+. The van der Waals surface area contributed by atoms with E-state index in [1.54, 1.807) is 0 Å². The molecule has 14 heavy (non-hydrogen) atoms. The zero-order valence-corrected chi connectivity index (χ0v) is 10.1. The molecule has 0 heteroatoms. The molecule has 0 amide bonds. The molecule has 79 valence electrons. The van der Waals surface area contributed by atoms with Crippen molar-refractivity contribution in [3.63, 3.8) is 0 Å². The van der Waals surface area contributed by atoms with Gasteiger partial charge < -0.3 is 0 Å². The van der Waals surface area contributed by atoms with Gasteiger partial charge >= 0.3 is 0 Å². The third kappa shape index (κ3) is 9.31. The Kier molecular flexibility index (Phi) is 7.18. The molecule has 0 bridgehead atoms. The molecule has 0 aliphatic carbocycles. The van der Waals surface area contributed by atoms with E-state index in [9.17, 15) is 0 Å². The van der Waals surface area contributed by atoms with E-state index in [4.69, 9.17) is 6.58 Å². The van der Waals surface area contributed by atoms with Crippen molar-refractivity contribution in [2.24, 2.45) is 0 Å². The molecule has 0 N–H and O–H groups in total. The lowest BCUT2D eigenvalue weighted by molar-refractivity contribution is 0.919. The van der Waals surface area contributed by atoms with E-state index in [0.29, 0.717) is 0 Å². The van der Waals surface area contributed by atoms with Crippen LogP contribution in [0.5, 0.6) is 0 Å². The second-order valence-electron chi connectivity index (χ2n) is 4.26. The van der Waals surface area contributed by atoms with Gasteiger partial charge in [0.25, 0.3) is 0 Å². The number of allylic oxidation sites excluding steroid dienone is 5. The van der Waals surface area contributed by atoms with Crippen LogP contribution in [0, 0.1) is 6.58 Å². The first-order chi connectivity index (χ1) is 6.52. The van der Waals surface area contributed by atoms with Crippen LogP contribution in [0.3, 0.4) is 0 Å². The Morgan fingerprint density at radius 1 is 0.929 bits per heavy atom. The minimum absolute atomic E-state index is 1.01. The summed E-state index contributed by atoms with van der Waals surface area (Å²) >= 11 is 0. The molecule has 0 heterocycles. The fourth-order valence-electron chi connectivity index (χ4n) is 1.24. The van der Waals surface area contributed by atoms with Crippen LogP contribution >= 0.6 is 0 Å². The van der Waals surface area contributed by atoms with Crippen LogP contribution in [0.2, 0.25) is 0 Å². The molecule has 0 aliphatic rings. The van der Waals surface area contributed by atoms with Crippen molar-refractivity contribution in [3.05, 3.63) is 35.5 Å². The molecule has 0 atom stereocenters. The Balaban J connectivity index is 3.67. The summed E-state index contributed by atoms with van der Waals surface area (Å²) in [5, 5.41) is 0. The van der Waals surface area contributed by atoms with Gasteiger partial charge in [-0.25, -0.2) is 0 Å². The Morgan fingerprint density at radius 2 is 1.50 bits per heavy atom. The molecule has 0 saturated carbocycles. The average molecular weight is 191 g/mol. The first-order valence-corrected chi connectivity index (χ1v) is 5.39. The van der Waals surface area contributed by atoms with Gasteiger partial charge in [0.1, 0.15) is 0 Å². The monoisotopic (exact) mass is 191 g/mol. The van der Waals surface area contributed by atoms with Crippen molar-refractivity contribution in [1.82, 2.24) is 0 Å². The minimum atomic E-state index is 1.01. The molecule has 1 radical (unpaired) electrons. The molecule has 0 rings (SSSR count). The van der Waals surface area contributed by atoms with Gasteiger partial charge in [0, 0.05) is 0 Å². The van der Waals surface area contributed by atoms with E-state index in [1.165, 1.54) is 17.6 Å². The van der Waals surface area contributed by atoms with Crippen molar-refractivity contribution in [3.8, 4) is 0 Å². The maximum atomic E-state index is 5.60. The highest BCUT2D eigenvalue weighted by Gasteiger charge is 1.89. The maximum absolute atomic E-state index is 5.60. The quantitative estimate of drug-likeness (QED) is 0.527. The molecule has 0 unspecified atom stereocenters. The molecule has 0 fully saturated rings. The van der Waals surface area contributed by atoms with Crippen molar-refractivity contribution in [1.29, 1.82) is 0 Å². The van der Waals surface area contributed by atoms with E-state index in [-0.39, 0.29) is 0 Å². The topological polar surface area (TPSA) is 0 Å². The summed E-state index contributed by atoms with van der Waals surface area (Å²) in [5.74, 6) is 0. The highest BCUT2D eigenvalue weighted by atomic mass is 14.0. The lowest BCUT2D eigenvalue weighted by atomic mass is 10.1. The number of hydrogen-bond donors (Lipinski definition) is 0. The second-order valence-corrected chi connectivity index (χ2v) is 4.26. The molecular formula is C14H23. The van der Waals surface area contributed by atoms with E-state index in [2.05, 4.69) is 32.9 Å². The van der Waals surface area contributed by atoms with Crippen LogP contribution in [-0.4, -0.2) is 0 Å². The molecule has 0 nitrogen and oxygen atoms in total. The predicted molar refractivity (Wildman–Crippen MR) is 65.1 cm³/mol. The lowest BCUT2D eigenvalue weighted by Crippen LogP contribution is -1.79. The fraction of sp³-hybridized carbons (Fsp3) is 0.571. The van der Waals surface area contributed by atoms with Crippen LogP contribution in [0.4, 0.5) is 0 Å². The first-order valence-electron chi connectivity index (χ1n) is 5.39. The number of rotatable bonds is 6. The summed E-state index contributed by atoms with van der Waals surface area (Å²) in [7, 11) is 0. The summed E-state index contributed by atoms with van der Waals surface area (Å²) < 4.78 is 0. The van der Waals surface area contributed by atoms with Crippen LogP contribution in [-0.2, 0) is 0 Å². The summed E-state index contributed by atoms with van der Waals surface area (Å²) in [4.78, 5) is 0. The third-order valence-electron chi connectivity index (χ3n) is 2.12. The summed E-state index contributed by atoms with van der Waals surface area (Å²) in [5.41, 5.74) is 3.91. The van der Waals surface area contributed by atoms with E-state index in [0.717, 1.165) is 24.8 Å². The van der Waals surface area contributed by atoms with Crippen molar-refractivity contribution in [2.75, 3.05) is 0 Å². The van der Waals surface area contributed by atoms with Gasteiger partial charge in [-0.2, -0.15) is 0 Å². The third-order valence-corrected chi connectivity index (χ3v) is 2.12. The molecule has 0 aromatic rings. The van der Waals surface area contributed by atoms with Gasteiger partial charge in [-0.3, -0.25) is 0 Å². The van der Waals surface area contributed by atoms with Crippen LogP contribution in [0.15, 0.2) is 28.9 Å². The Hall–Kier alpha value is -0.780. The highest BCUT2D eigenvalue weighted by Crippen LogP contribution is 2.10. The zero-order chi connectivity index (χ0) is 11.0. The van der Waals surface area contributed by atoms with Crippen LogP contribution in [0.25, 0.3) is 0 Å². The van der Waals surface area contributed by atoms with Crippen LogP contribution in [0.1, 0.15) is 53.4 Å². The fourth-order valence-corrected chi connectivity index (χ4v) is 1.24. The summed E-state index contributed by atoms with van der Waals surface area (Å²) in [6, 6.07) is 0. The van der Waals surface area contributed by atoms with Gasteiger partial charge in [-0.05, 0) is 53.4 Å². The molecule has 0 aromatic carbocycles. The minimum Gasteiger partial charge on any atom is -0.0856 e. The smallest absolute Gasteiger partial charge is 0.0285 e. The van der Waals surface area contributed by atoms with Gasteiger partial charge in [0.15, 0.2) is 0 Å².